The predicted molar refractivity (Wildman–Crippen MR) is 86.5 cm³/mol. The molecule has 1 atom stereocenters. The van der Waals surface area contributed by atoms with E-state index in [-0.39, 0.29) is 23.6 Å². The first-order valence-corrected chi connectivity index (χ1v) is 8.89. The number of amides is 1. The average molecular weight is 336 g/mol. The normalized spacial score (nSPS) is 12.8. The number of carbonyl (C=O) groups is 1. The number of carbonyl (C=O) groups excluding carboxylic acids is 1. The molecule has 0 saturated heterocycles. The standard InChI is InChI=1S/C16H20N2O4S/c1-18-10-5-8-14(18)15(19)12-17-16(20)9-11-23(21,22)13-6-3-2-4-7-13/h2-8,10,15,19H,9,11-12H2,1H3,(H,17,20)/t15-/m1/s1. The zero-order chi connectivity index (χ0) is 16.9. The van der Waals surface area contributed by atoms with E-state index in [0.717, 1.165) is 0 Å². The molecule has 124 valence electrons. The number of nitrogens with one attached hydrogen (secondary N) is 1. The van der Waals surface area contributed by atoms with Crippen LogP contribution in [0, 0.1) is 0 Å². The zero-order valence-corrected chi connectivity index (χ0v) is 13.7. The summed E-state index contributed by atoms with van der Waals surface area (Å²) in [6.07, 6.45) is 0.828. The second-order valence-corrected chi connectivity index (χ2v) is 7.35. The van der Waals surface area contributed by atoms with Crippen LogP contribution in [0.3, 0.4) is 0 Å². The maximum atomic E-state index is 12.1. The molecule has 0 unspecified atom stereocenters. The van der Waals surface area contributed by atoms with E-state index in [2.05, 4.69) is 5.32 Å². The zero-order valence-electron chi connectivity index (χ0n) is 12.8. The summed E-state index contributed by atoms with van der Waals surface area (Å²) >= 11 is 0. The maximum Gasteiger partial charge on any atom is 0.221 e. The Bertz CT molecular complexity index is 753. The summed E-state index contributed by atoms with van der Waals surface area (Å²) in [6.45, 7) is 0.0437. The van der Waals surface area contributed by atoms with Crippen LogP contribution in [-0.2, 0) is 21.7 Å². The number of aliphatic hydroxyl groups excluding tert-OH is 1. The fraction of sp³-hybridized carbons (Fsp3) is 0.312. The van der Waals surface area contributed by atoms with Crippen molar-refractivity contribution in [3.05, 3.63) is 54.4 Å². The predicted octanol–water partition coefficient (Wildman–Crippen LogP) is 1.04. The van der Waals surface area contributed by atoms with Gasteiger partial charge in [0, 0.05) is 31.9 Å². The Morgan fingerprint density at radius 2 is 1.91 bits per heavy atom. The van der Waals surface area contributed by atoms with Gasteiger partial charge in [-0.15, -0.1) is 0 Å². The van der Waals surface area contributed by atoms with Crippen molar-refractivity contribution in [2.45, 2.75) is 17.4 Å². The maximum absolute atomic E-state index is 12.1. The third kappa shape index (κ3) is 4.67. The molecule has 0 radical (unpaired) electrons. The third-order valence-electron chi connectivity index (χ3n) is 3.52. The fourth-order valence-corrected chi connectivity index (χ4v) is 3.46. The highest BCUT2D eigenvalue weighted by Gasteiger charge is 2.17. The minimum absolute atomic E-state index is 0.0437. The van der Waals surface area contributed by atoms with Gasteiger partial charge < -0.3 is 15.0 Å². The van der Waals surface area contributed by atoms with E-state index >= 15 is 0 Å². The largest absolute Gasteiger partial charge is 0.385 e. The molecular formula is C16H20N2O4S. The first kappa shape index (κ1) is 17.2. The summed E-state index contributed by atoms with van der Waals surface area (Å²) in [4.78, 5) is 12.0. The average Bonchev–Trinajstić information content (AvgIpc) is 2.98. The summed E-state index contributed by atoms with van der Waals surface area (Å²) in [6, 6.07) is 11.6. The van der Waals surface area contributed by atoms with Crippen molar-refractivity contribution in [2.75, 3.05) is 12.3 Å². The molecule has 0 spiro atoms. The Labute approximate surface area is 135 Å². The van der Waals surface area contributed by atoms with E-state index in [4.69, 9.17) is 0 Å². The molecule has 23 heavy (non-hydrogen) atoms. The van der Waals surface area contributed by atoms with Gasteiger partial charge in [-0.2, -0.15) is 0 Å². The van der Waals surface area contributed by atoms with Crippen LogP contribution in [0.5, 0.6) is 0 Å². The lowest BCUT2D eigenvalue weighted by Gasteiger charge is -2.13. The van der Waals surface area contributed by atoms with Crippen LogP contribution in [0.2, 0.25) is 0 Å². The van der Waals surface area contributed by atoms with Gasteiger partial charge in [0.15, 0.2) is 9.84 Å². The van der Waals surface area contributed by atoms with Gasteiger partial charge in [0.05, 0.1) is 10.6 Å². The summed E-state index contributed by atoms with van der Waals surface area (Å²) in [5.74, 6) is -0.666. The van der Waals surface area contributed by atoms with Gasteiger partial charge in [0.1, 0.15) is 6.10 Å². The Hall–Kier alpha value is -2.12. The molecule has 1 heterocycles. The van der Waals surface area contributed by atoms with Crippen LogP contribution in [0.25, 0.3) is 0 Å². The molecule has 6 nitrogen and oxygen atoms in total. The van der Waals surface area contributed by atoms with Crippen LogP contribution in [0.1, 0.15) is 18.2 Å². The first-order chi connectivity index (χ1) is 10.9. The monoisotopic (exact) mass is 336 g/mol. The molecule has 1 amide bonds. The Balaban J connectivity index is 1.83. The molecule has 0 fully saturated rings. The number of hydrogen-bond acceptors (Lipinski definition) is 4. The van der Waals surface area contributed by atoms with E-state index < -0.39 is 21.8 Å². The number of aliphatic hydroxyl groups is 1. The van der Waals surface area contributed by atoms with E-state index in [1.165, 1.54) is 12.1 Å². The molecule has 1 aromatic heterocycles. The van der Waals surface area contributed by atoms with Gasteiger partial charge in [-0.25, -0.2) is 8.42 Å². The quantitative estimate of drug-likeness (QED) is 0.791. The second-order valence-electron chi connectivity index (χ2n) is 5.25. The van der Waals surface area contributed by atoms with E-state index in [0.29, 0.717) is 5.69 Å². The molecule has 2 rings (SSSR count). The second kappa shape index (κ2) is 7.43. The van der Waals surface area contributed by atoms with Crippen molar-refractivity contribution in [3.8, 4) is 0 Å². The number of sulfone groups is 1. The van der Waals surface area contributed by atoms with Gasteiger partial charge in [0.2, 0.25) is 5.91 Å². The minimum atomic E-state index is -3.47. The van der Waals surface area contributed by atoms with Gasteiger partial charge in [0.25, 0.3) is 0 Å². The van der Waals surface area contributed by atoms with Gasteiger partial charge >= 0.3 is 0 Å². The fourth-order valence-electron chi connectivity index (χ4n) is 2.20. The molecule has 0 saturated carbocycles. The van der Waals surface area contributed by atoms with Crippen LogP contribution in [0.15, 0.2) is 53.6 Å². The first-order valence-electron chi connectivity index (χ1n) is 7.24. The number of benzene rings is 1. The molecule has 0 aliphatic carbocycles. The number of hydrogen-bond donors (Lipinski definition) is 2. The van der Waals surface area contributed by atoms with Crippen LogP contribution in [0.4, 0.5) is 0 Å². The highest BCUT2D eigenvalue weighted by atomic mass is 32.2. The molecular weight excluding hydrogens is 316 g/mol. The van der Waals surface area contributed by atoms with Crippen LogP contribution in [-0.4, -0.2) is 36.3 Å². The lowest BCUT2D eigenvalue weighted by atomic mass is 10.2. The van der Waals surface area contributed by atoms with Crippen molar-refractivity contribution in [1.29, 1.82) is 0 Å². The molecule has 0 aliphatic rings. The summed E-state index contributed by atoms with van der Waals surface area (Å²) in [5.41, 5.74) is 0.683. The smallest absolute Gasteiger partial charge is 0.221 e. The number of aryl methyl sites for hydroxylation is 1. The number of nitrogens with zero attached hydrogens (tertiary/aromatic N) is 1. The number of rotatable bonds is 7. The van der Waals surface area contributed by atoms with E-state index in [1.807, 2.05) is 0 Å². The highest BCUT2D eigenvalue weighted by molar-refractivity contribution is 7.91. The Morgan fingerprint density at radius 3 is 2.52 bits per heavy atom. The van der Waals surface area contributed by atoms with Crippen molar-refractivity contribution >= 4 is 15.7 Å². The highest BCUT2D eigenvalue weighted by Crippen LogP contribution is 2.12. The van der Waals surface area contributed by atoms with Gasteiger partial charge in [-0.05, 0) is 24.3 Å². The van der Waals surface area contributed by atoms with Gasteiger partial charge in [-0.1, -0.05) is 18.2 Å². The minimum Gasteiger partial charge on any atom is -0.385 e. The van der Waals surface area contributed by atoms with E-state index in [9.17, 15) is 18.3 Å². The van der Waals surface area contributed by atoms with Crippen molar-refractivity contribution in [2.24, 2.45) is 7.05 Å². The molecule has 2 N–H and O–H groups in total. The van der Waals surface area contributed by atoms with Crippen LogP contribution < -0.4 is 5.32 Å². The van der Waals surface area contributed by atoms with Crippen molar-refractivity contribution in [3.63, 3.8) is 0 Å². The molecule has 0 bridgehead atoms. The lowest BCUT2D eigenvalue weighted by molar-refractivity contribution is -0.121. The lowest BCUT2D eigenvalue weighted by Crippen LogP contribution is -2.30. The van der Waals surface area contributed by atoms with Crippen molar-refractivity contribution < 1.29 is 18.3 Å². The molecule has 0 aliphatic heterocycles. The summed E-state index contributed by atoms with van der Waals surface area (Å²) < 4.78 is 25.9. The van der Waals surface area contributed by atoms with Gasteiger partial charge in [-0.3, -0.25) is 4.79 Å². The van der Waals surface area contributed by atoms with Crippen LogP contribution >= 0.6 is 0 Å². The topological polar surface area (TPSA) is 88.4 Å². The number of aromatic nitrogens is 1. The third-order valence-corrected chi connectivity index (χ3v) is 5.25. The molecule has 1 aromatic carbocycles. The molecule has 2 aromatic rings. The summed E-state index contributed by atoms with van der Waals surface area (Å²) in [5, 5.41) is 12.5. The van der Waals surface area contributed by atoms with E-state index in [1.54, 1.807) is 48.1 Å². The Kier molecular flexibility index (Phi) is 5.57. The SMILES string of the molecule is Cn1cccc1[C@H](O)CNC(=O)CCS(=O)(=O)c1ccccc1. The molecule has 7 heteroatoms. The summed E-state index contributed by atoms with van der Waals surface area (Å²) in [7, 11) is -1.67. The van der Waals surface area contributed by atoms with Crippen molar-refractivity contribution in [1.82, 2.24) is 9.88 Å². The Morgan fingerprint density at radius 1 is 1.22 bits per heavy atom.